The van der Waals surface area contributed by atoms with Crippen molar-refractivity contribution in [3.63, 3.8) is 0 Å². The number of halogens is 2. The molecule has 0 unspecified atom stereocenters. The van der Waals surface area contributed by atoms with Crippen LogP contribution in [0.1, 0.15) is 54.8 Å². The number of amides is 2. The average Bonchev–Trinajstić information content (AvgIpc) is 3.70. The molecule has 0 spiro atoms. The number of nitrogens with one attached hydrogen (secondary N) is 3. The van der Waals surface area contributed by atoms with Crippen LogP contribution in [0.4, 0.5) is 4.39 Å². The summed E-state index contributed by atoms with van der Waals surface area (Å²) in [6.45, 7) is 5.19. The number of Topliss-reactive ketones (excluding diaryl/α,β-unsaturated/α-hetero) is 1. The van der Waals surface area contributed by atoms with Gasteiger partial charge in [-0.1, -0.05) is 35.9 Å². The molecule has 3 aromatic rings. The number of carbonyl (C=O) groups is 3. The van der Waals surface area contributed by atoms with E-state index in [2.05, 4.69) is 26.9 Å². The highest BCUT2D eigenvalue weighted by molar-refractivity contribution is 7.88. The van der Waals surface area contributed by atoms with Crippen LogP contribution in [0.3, 0.4) is 0 Å². The quantitative estimate of drug-likeness (QED) is 0.157. The molecule has 0 aliphatic carbocycles. The smallest absolute Gasteiger partial charge is 0.266 e. The van der Waals surface area contributed by atoms with Crippen molar-refractivity contribution in [1.29, 1.82) is 0 Å². The molecule has 2 saturated heterocycles. The fourth-order valence-corrected chi connectivity index (χ4v) is 7.21. The second-order valence-electron chi connectivity index (χ2n) is 12.6. The van der Waals surface area contributed by atoms with Gasteiger partial charge in [-0.05, 0) is 75.4 Å². The second kappa shape index (κ2) is 16.3. The number of fused-ring (bicyclic) bond motifs is 1. The molecule has 4 atom stereocenters. The van der Waals surface area contributed by atoms with Crippen LogP contribution in [-0.4, -0.2) is 86.0 Å². The van der Waals surface area contributed by atoms with Crippen molar-refractivity contribution >= 4 is 50.3 Å². The van der Waals surface area contributed by atoms with Gasteiger partial charge in [-0.2, -0.15) is 0 Å². The highest BCUT2D eigenvalue weighted by atomic mass is 35.5. The van der Waals surface area contributed by atoms with Crippen LogP contribution < -0.4 is 15.4 Å². The van der Waals surface area contributed by atoms with E-state index >= 15 is 0 Å². The van der Waals surface area contributed by atoms with E-state index < -0.39 is 57.7 Å². The number of likely N-dealkylation sites (tertiary alicyclic amines) is 1. The molecule has 0 bridgehead atoms. The van der Waals surface area contributed by atoms with E-state index in [1.165, 1.54) is 29.2 Å². The van der Waals surface area contributed by atoms with Gasteiger partial charge in [0.25, 0.3) is 5.89 Å². The van der Waals surface area contributed by atoms with E-state index in [1.54, 1.807) is 24.3 Å². The topological polar surface area (TPSA) is 160 Å². The number of nitrogens with zero attached hydrogens (tertiary/aromatic N) is 2. The Morgan fingerprint density at radius 3 is 2.65 bits per heavy atom. The van der Waals surface area contributed by atoms with Gasteiger partial charge in [-0.15, -0.1) is 6.58 Å². The molecule has 49 heavy (non-hydrogen) atoms. The molecule has 0 saturated carbocycles. The SMILES string of the molecule is C=CC[C@H](NC(=O)[C@@H]1C[C@@H](OCc2ccc(Cl)cc2F)CN1C(=O)[C@@H](CCC1CCNCC1)NS(C)(=O)=O)C(=O)c1nc2ccccc2o1. The van der Waals surface area contributed by atoms with E-state index in [1.807, 2.05) is 0 Å². The summed E-state index contributed by atoms with van der Waals surface area (Å²) in [5.74, 6) is -2.25. The minimum Gasteiger partial charge on any atom is -0.434 e. The molecule has 12 nitrogen and oxygen atoms in total. The van der Waals surface area contributed by atoms with Crippen LogP contribution >= 0.6 is 11.6 Å². The van der Waals surface area contributed by atoms with Gasteiger partial charge in [0.2, 0.25) is 27.6 Å². The molecule has 2 aliphatic rings. The molecule has 0 radical (unpaired) electrons. The Bertz CT molecular complexity index is 1750. The largest absolute Gasteiger partial charge is 0.434 e. The maximum absolute atomic E-state index is 14.5. The first-order chi connectivity index (χ1) is 23.4. The third kappa shape index (κ3) is 9.73. The van der Waals surface area contributed by atoms with Crippen molar-refractivity contribution in [2.45, 2.75) is 69.4 Å². The lowest BCUT2D eigenvalue weighted by atomic mass is 9.91. The number of oxazole rings is 1. The lowest BCUT2D eigenvalue weighted by molar-refractivity contribution is -0.140. The lowest BCUT2D eigenvalue weighted by Crippen LogP contribution is -2.55. The Labute approximate surface area is 289 Å². The maximum Gasteiger partial charge on any atom is 0.266 e. The van der Waals surface area contributed by atoms with Crippen molar-refractivity contribution in [2.24, 2.45) is 5.92 Å². The van der Waals surface area contributed by atoms with Crippen molar-refractivity contribution < 1.29 is 36.3 Å². The fraction of sp³-hybridized carbons (Fsp3) is 0.471. The zero-order valence-electron chi connectivity index (χ0n) is 27.2. The second-order valence-corrected chi connectivity index (χ2v) is 14.8. The van der Waals surface area contributed by atoms with Crippen LogP contribution in [0.5, 0.6) is 0 Å². The highest BCUT2D eigenvalue weighted by Crippen LogP contribution is 2.27. The number of carbonyl (C=O) groups excluding carboxylic acids is 3. The maximum atomic E-state index is 14.5. The molecule has 2 aliphatic heterocycles. The zero-order chi connectivity index (χ0) is 35.1. The van der Waals surface area contributed by atoms with Crippen molar-refractivity contribution in [3.05, 3.63) is 77.4 Å². The Kier molecular flexibility index (Phi) is 12.2. The molecular weight excluding hydrogens is 677 g/mol. The number of hydrogen-bond donors (Lipinski definition) is 3. The average molecular weight is 718 g/mol. The minimum atomic E-state index is -3.80. The van der Waals surface area contributed by atoms with Gasteiger partial charge in [0.15, 0.2) is 5.58 Å². The molecule has 5 rings (SSSR count). The summed E-state index contributed by atoms with van der Waals surface area (Å²) in [5.41, 5.74) is 1.13. The normalized spacial score (nSPS) is 19.9. The highest BCUT2D eigenvalue weighted by Gasteiger charge is 2.44. The Hall–Kier alpha value is -3.69. The van der Waals surface area contributed by atoms with Gasteiger partial charge in [0.05, 0.1) is 19.0 Å². The summed E-state index contributed by atoms with van der Waals surface area (Å²) in [7, 11) is -3.80. The van der Waals surface area contributed by atoms with Gasteiger partial charge in [-0.3, -0.25) is 14.4 Å². The number of ketones is 1. The third-order valence-electron chi connectivity index (χ3n) is 8.85. The van der Waals surface area contributed by atoms with Crippen LogP contribution in [0.15, 0.2) is 59.5 Å². The number of para-hydroxylation sites is 2. The number of hydrogen-bond acceptors (Lipinski definition) is 9. The molecule has 2 aromatic carbocycles. The monoisotopic (exact) mass is 717 g/mol. The Morgan fingerprint density at radius 2 is 1.96 bits per heavy atom. The summed E-state index contributed by atoms with van der Waals surface area (Å²) in [5, 5.41) is 6.26. The van der Waals surface area contributed by atoms with E-state index in [9.17, 15) is 27.2 Å². The number of aromatic nitrogens is 1. The molecule has 3 N–H and O–H groups in total. The predicted molar refractivity (Wildman–Crippen MR) is 182 cm³/mol. The molecular formula is C34H41ClFN5O7S. The van der Waals surface area contributed by atoms with Crippen molar-refractivity contribution in [1.82, 2.24) is 25.2 Å². The van der Waals surface area contributed by atoms with Crippen molar-refractivity contribution in [3.8, 4) is 0 Å². The van der Waals surface area contributed by atoms with E-state index in [4.69, 9.17) is 20.8 Å². The summed E-state index contributed by atoms with van der Waals surface area (Å²) in [4.78, 5) is 47.2. The van der Waals surface area contributed by atoms with Crippen LogP contribution in [0.2, 0.25) is 5.02 Å². The summed E-state index contributed by atoms with van der Waals surface area (Å²) >= 11 is 5.89. The molecule has 2 fully saturated rings. The first kappa shape index (κ1) is 36.6. The Morgan fingerprint density at radius 1 is 1.20 bits per heavy atom. The zero-order valence-corrected chi connectivity index (χ0v) is 28.8. The fourth-order valence-electron chi connectivity index (χ4n) is 6.31. The lowest BCUT2D eigenvalue weighted by Gasteiger charge is -2.30. The molecule has 3 heterocycles. The predicted octanol–water partition coefficient (Wildman–Crippen LogP) is 3.75. The molecule has 1 aromatic heterocycles. The first-order valence-corrected chi connectivity index (χ1v) is 18.5. The number of piperidine rings is 1. The summed E-state index contributed by atoms with van der Waals surface area (Å²) < 4.78 is 53.4. The number of ether oxygens (including phenoxy) is 1. The number of sulfonamides is 1. The Balaban J connectivity index is 1.37. The van der Waals surface area contributed by atoms with E-state index in [-0.39, 0.29) is 48.9 Å². The van der Waals surface area contributed by atoms with E-state index in [0.29, 0.717) is 23.4 Å². The van der Waals surface area contributed by atoms with E-state index in [0.717, 1.165) is 32.2 Å². The van der Waals surface area contributed by atoms with Gasteiger partial charge >= 0.3 is 0 Å². The van der Waals surface area contributed by atoms with Gasteiger partial charge < -0.3 is 24.7 Å². The minimum absolute atomic E-state index is 0.0184. The van der Waals surface area contributed by atoms with Gasteiger partial charge in [-0.25, -0.2) is 22.5 Å². The summed E-state index contributed by atoms with van der Waals surface area (Å²) in [6, 6.07) is 7.69. The first-order valence-electron chi connectivity index (χ1n) is 16.3. The third-order valence-corrected chi connectivity index (χ3v) is 9.80. The van der Waals surface area contributed by atoms with Crippen molar-refractivity contribution in [2.75, 3.05) is 25.9 Å². The van der Waals surface area contributed by atoms with Gasteiger partial charge in [0, 0.05) is 23.6 Å². The standard InChI is InChI=1S/C34H41ClFN5O7S/c1-3-6-27(31(42)33-39-26-7-4-5-8-30(26)48-33)38-32(43)29-18-24(47-20-22-10-11-23(35)17-25(22)36)19-41(29)34(44)28(40-49(2,45)46)12-9-21-13-15-37-16-14-21/h3-5,7-8,10-11,17,21,24,27-29,37,40H,1,6,9,12-16,18-20H2,2H3,(H,38,43)/t24-,27+,28-,29+/m1/s1. The van der Waals surface area contributed by atoms with Gasteiger partial charge in [0.1, 0.15) is 29.5 Å². The molecule has 15 heteroatoms. The summed E-state index contributed by atoms with van der Waals surface area (Å²) in [6.07, 6.45) is 4.48. The number of benzene rings is 2. The van der Waals surface area contributed by atoms with Crippen LogP contribution in [0.25, 0.3) is 11.1 Å². The van der Waals surface area contributed by atoms with Crippen LogP contribution in [-0.2, 0) is 31.0 Å². The number of rotatable bonds is 15. The molecule has 2 amide bonds. The molecule has 264 valence electrons. The van der Waals surface area contributed by atoms with Crippen LogP contribution in [0, 0.1) is 11.7 Å².